The molecule has 0 fully saturated rings. The topological polar surface area (TPSA) is 150 Å². The predicted octanol–water partition coefficient (Wildman–Crippen LogP) is -0.0935. The van der Waals surface area contributed by atoms with E-state index in [1.165, 1.54) is 5.01 Å². The highest BCUT2D eigenvalue weighted by molar-refractivity contribution is 7.88. The number of benzene rings is 1. The van der Waals surface area contributed by atoms with Crippen molar-refractivity contribution in [3.8, 4) is 0 Å². The Morgan fingerprint density at radius 3 is 2.00 bits per heavy atom. The number of nitrogens with two attached hydrogens (primary N) is 1. The third kappa shape index (κ3) is 9.52. The highest BCUT2D eigenvalue weighted by Gasteiger charge is 2.11. The van der Waals surface area contributed by atoms with Crippen LogP contribution < -0.4 is 15.6 Å². The Bertz CT molecular complexity index is 621. The van der Waals surface area contributed by atoms with Crippen LogP contribution in [-0.2, 0) is 20.4 Å². The van der Waals surface area contributed by atoms with Crippen LogP contribution >= 0.6 is 0 Å². The number of hydrazine groups is 1. The summed E-state index contributed by atoms with van der Waals surface area (Å²) in [5.74, 6) is 0. The lowest BCUT2D eigenvalue weighted by Gasteiger charge is -2.23. The quantitative estimate of drug-likeness (QED) is 0.340. The normalized spacial score (nSPS) is 11.4. The second kappa shape index (κ2) is 7.40. The summed E-state index contributed by atoms with van der Waals surface area (Å²) in [6.45, 7) is 2.34. The first kappa shape index (κ1) is 18.6. The maximum Gasteiger partial charge on any atom is 0.394 e. The van der Waals surface area contributed by atoms with E-state index in [2.05, 4.69) is 4.83 Å². The molecule has 1 aromatic carbocycles. The maximum absolute atomic E-state index is 11.1. The first-order chi connectivity index (χ1) is 8.94. The SMILES string of the molecule is CCN(NS(C)(=O)=O)c1ccccc1N.O=S(=O)(O)O. The van der Waals surface area contributed by atoms with Crippen LogP contribution in [-0.4, -0.2) is 38.7 Å². The van der Waals surface area contributed by atoms with Gasteiger partial charge in [-0.15, -0.1) is 4.83 Å². The molecule has 1 rings (SSSR count). The summed E-state index contributed by atoms with van der Waals surface area (Å²) in [6, 6.07) is 7.09. The van der Waals surface area contributed by atoms with E-state index in [1.54, 1.807) is 24.3 Å². The number of anilines is 2. The van der Waals surface area contributed by atoms with E-state index in [0.29, 0.717) is 17.9 Å². The number of rotatable bonds is 4. The minimum atomic E-state index is -4.67. The smallest absolute Gasteiger partial charge is 0.394 e. The lowest BCUT2D eigenvalue weighted by molar-refractivity contribution is 0.381. The summed E-state index contributed by atoms with van der Waals surface area (Å²) in [4.78, 5) is 2.39. The molecule has 5 N–H and O–H groups in total. The van der Waals surface area contributed by atoms with Gasteiger partial charge in [-0.2, -0.15) is 8.42 Å². The molecule has 0 heterocycles. The number of nitrogens with one attached hydrogen (secondary N) is 1. The number of sulfonamides is 1. The molecule has 0 atom stereocenters. The summed E-state index contributed by atoms with van der Waals surface area (Å²) >= 11 is 0. The molecule has 20 heavy (non-hydrogen) atoms. The summed E-state index contributed by atoms with van der Waals surface area (Å²) in [6.07, 6.45) is 1.11. The Kier molecular flexibility index (Phi) is 6.88. The Labute approximate surface area is 118 Å². The van der Waals surface area contributed by atoms with Gasteiger partial charge in [0.05, 0.1) is 17.6 Å². The predicted molar refractivity (Wildman–Crippen MR) is 76.0 cm³/mol. The number of para-hydroxylation sites is 2. The molecule has 0 radical (unpaired) electrons. The van der Waals surface area contributed by atoms with Gasteiger partial charge >= 0.3 is 10.4 Å². The highest BCUT2D eigenvalue weighted by atomic mass is 32.3. The number of hydrogen-bond acceptors (Lipinski definition) is 6. The maximum atomic E-state index is 11.1. The number of nitrogen functional groups attached to an aromatic ring is 1. The second-order valence-electron chi connectivity index (χ2n) is 3.61. The molecule has 0 aromatic heterocycles. The molecule has 0 bridgehead atoms. The molecule has 0 saturated heterocycles. The van der Waals surface area contributed by atoms with Crippen molar-refractivity contribution >= 4 is 31.8 Å². The van der Waals surface area contributed by atoms with E-state index in [0.717, 1.165) is 6.26 Å². The fourth-order valence-electron chi connectivity index (χ4n) is 1.22. The molecular weight excluding hydrogens is 310 g/mol. The minimum Gasteiger partial charge on any atom is -0.397 e. The van der Waals surface area contributed by atoms with Crippen molar-refractivity contribution in [2.75, 3.05) is 23.5 Å². The molecule has 11 heteroatoms. The van der Waals surface area contributed by atoms with Crippen molar-refractivity contribution in [2.24, 2.45) is 0 Å². The Balaban J connectivity index is 0.000000621. The van der Waals surface area contributed by atoms with Crippen LogP contribution in [0.15, 0.2) is 24.3 Å². The van der Waals surface area contributed by atoms with E-state index < -0.39 is 20.4 Å². The second-order valence-corrected chi connectivity index (χ2v) is 6.24. The van der Waals surface area contributed by atoms with E-state index in [9.17, 15) is 8.42 Å². The third-order valence-corrected chi connectivity index (χ3v) is 2.37. The van der Waals surface area contributed by atoms with Gasteiger partial charge in [0.1, 0.15) is 0 Å². The monoisotopic (exact) mass is 327 g/mol. The van der Waals surface area contributed by atoms with E-state index >= 15 is 0 Å². The van der Waals surface area contributed by atoms with Crippen molar-refractivity contribution in [3.63, 3.8) is 0 Å². The fourth-order valence-corrected chi connectivity index (χ4v) is 1.85. The summed E-state index contributed by atoms with van der Waals surface area (Å²) < 4.78 is 53.8. The van der Waals surface area contributed by atoms with E-state index in [-0.39, 0.29) is 0 Å². The highest BCUT2D eigenvalue weighted by Crippen LogP contribution is 2.20. The van der Waals surface area contributed by atoms with Crippen molar-refractivity contribution < 1.29 is 25.9 Å². The molecule has 0 amide bonds. The van der Waals surface area contributed by atoms with Gasteiger partial charge in [0.2, 0.25) is 10.0 Å². The molecule has 116 valence electrons. The van der Waals surface area contributed by atoms with E-state index in [1.807, 2.05) is 6.92 Å². The van der Waals surface area contributed by atoms with Crippen LogP contribution in [0.4, 0.5) is 11.4 Å². The molecule has 9 nitrogen and oxygen atoms in total. The van der Waals surface area contributed by atoms with Gasteiger partial charge in [-0.25, -0.2) is 8.42 Å². The minimum absolute atomic E-state index is 0.501. The van der Waals surface area contributed by atoms with Gasteiger partial charge < -0.3 is 5.73 Å². The van der Waals surface area contributed by atoms with Gasteiger partial charge in [0.25, 0.3) is 0 Å². The molecule has 0 aliphatic carbocycles. The van der Waals surface area contributed by atoms with Gasteiger partial charge in [-0.1, -0.05) is 12.1 Å². The number of nitrogens with zero attached hydrogens (tertiary/aromatic N) is 1. The van der Waals surface area contributed by atoms with Crippen molar-refractivity contribution in [3.05, 3.63) is 24.3 Å². The Hall–Kier alpha value is -1.40. The molecule has 0 saturated carbocycles. The standard InChI is InChI=1S/C9H15N3O2S.H2O4S/c1-3-12(11-15(2,13)14)9-7-5-4-6-8(9)10;1-5(2,3)4/h4-7,11H,3,10H2,1-2H3;(H2,1,2,3,4). The lowest BCUT2D eigenvalue weighted by Crippen LogP contribution is -2.41. The van der Waals surface area contributed by atoms with Crippen LogP contribution in [0.3, 0.4) is 0 Å². The van der Waals surface area contributed by atoms with Crippen LogP contribution in [0.1, 0.15) is 6.92 Å². The van der Waals surface area contributed by atoms with Gasteiger partial charge in [-0.3, -0.25) is 14.1 Å². The summed E-state index contributed by atoms with van der Waals surface area (Å²) in [7, 11) is -7.95. The van der Waals surface area contributed by atoms with Gasteiger partial charge in [-0.05, 0) is 19.1 Å². The first-order valence-electron chi connectivity index (χ1n) is 5.23. The first-order valence-corrected chi connectivity index (χ1v) is 8.52. The molecule has 0 aliphatic heterocycles. The van der Waals surface area contributed by atoms with Gasteiger partial charge in [0.15, 0.2) is 0 Å². The van der Waals surface area contributed by atoms with Crippen LogP contribution in [0.5, 0.6) is 0 Å². The van der Waals surface area contributed by atoms with Crippen molar-refractivity contribution in [2.45, 2.75) is 6.92 Å². The average molecular weight is 327 g/mol. The van der Waals surface area contributed by atoms with E-state index in [4.69, 9.17) is 23.3 Å². The lowest BCUT2D eigenvalue weighted by atomic mass is 10.2. The molecule has 1 aromatic rings. The Morgan fingerprint density at radius 1 is 1.20 bits per heavy atom. The summed E-state index contributed by atoms with van der Waals surface area (Å²) in [5.41, 5.74) is 6.93. The van der Waals surface area contributed by atoms with Crippen molar-refractivity contribution in [1.29, 1.82) is 0 Å². The number of hydrogen-bond donors (Lipinski definition) is 4. The molecule has 0 spiro atoms. The fraction of sp³-hybridized carbons (Fsp3) is 0.333. The third-order valence-electron chi connectivity index (χ3n) is 1.82. The zero-order chi connectivity index (χ0) is 16.0. The zero-order valence-electron chi connectivity index (χ0n) is 10.9. The zero-order valence-corrected chi connectivity index (χ0v) is 12.5. The Morgan fingerprint density at radius 2 is 1.65 bits per heavy atom. The molecule has 0 aliphatic rings. The average Bonchev–Trinajstić information content (AvgIpc) is 2.23. The van der Waals surface area contributed by atoms with Crippen LogP contribution in [0.25, 0.3) is 0 Å². The van der Waals surface area contributed by atoms with Crippen molar-refractivity contribution in [1.82, 2.24) is 4.83 Å². The summed E-state index contributed by atoms with van der Waals surface area (Å²) in [5, 5.41) is 1.49. The van der Waals surface area contributed by atoms with Gasteiger partial charge in [0, 0.05) is 6.54 Å². The molecule has 0 unspecified atom stereocenters. The van der Waals surface area contributed by atoms with Crippen LogP contribution in [0.2, 0.25) is 0 Å². The largest absolute Gasteiger partial charge is 0.397 e. The molecular formula is C9H17N3O6S2. The van der Waals surface area contributed by atoms with Crippen LogP contribution in [0, 0.1) is 0 Å².